The van der Waals surface area contributed by atoms with Crippen LogP contribution in [0.5, 0.6) is 0 Å². The minimum Gasteiger partial charge on any atom is -0.354 e. The summed E-state index contributed by atoms with van der Waals surface area (Å²) < 4.78 is 0. The van der Waals surface area contributed by atoms with E-state index >= 15 is 0 Å². The summed E-state index contributed by atoms with van der Waals surface area (Å²) in [7, 11) is 0. The molecule has 1 aromatic heterocycles. The van der Waals surface area contributed by atoms with E-state index in [0.717, 1.165) is 17.0 Å². The Morgan fingerprint density at radius 2 is 1.50 bits per heavy atom. The molecule has 0 aliphatic carbocycles. The van der Waals surface area contributed by atoms with Crippen LogP contribution in [0.25, 0.3) is 0 Å². The summed E-state index contributed by atoms with van der Waals surface area (Å²) in [6.45, 7) is 0.665. The summed E-state index contributed by atoms with van der Waals surface area (Å²) in [5, 5.41) is 3.90. The molecular formula is C11H9Cl3N4. The number of hydrogen-bond donors (Lipinski definition) is 1. The van der Waals surface area contributed by atoms with E-state index in [-0.39, 0.29) is 10.6 Å². The molecule has 0 aliphatic rings. The molecule has 0 unspecified atom stereocenters. The number of anilines is 1. The van der Waals surface area contributed by atoms with E-state index in [2.05, 4.69) is 20.3 Å². The van der Waals surface area contributed by atoms with E-state index in [1.807, 2.05) is 24.3 Å². The topological polar surface area (TPSA) is 50.7 Å². The van der Waals surface area contributed by atoms with Crippen LogP contribution in [0.15, 0.2) is 24.3 Å². The lowest BCUT2D eigenvalue weighted by Gasteiger charge is -2.05. The van der Waals surface area contributed by atoms with Gasteiger partial charge in [0.05, 0.1) is 0 Å². The van der Waals surface area contributed by atoms with Gasteiger partial charge in [0.2, 0.25) is 16.5 Å². The van der Waals surface area contributed by atoms with Crippen molar-refractivity contribution < 1.29 is 0 Å². The van der Waals surface area contributed by atoms with Crippen molar-refractivity contribution in [1.29, 1.82) is 0 Å². The van der Waals surface area contributed by atoms with Gasteiger partial charge in [-0.05, 0) is 47.3 Å². The highest BCUT2D eigenvalue weighted by Gasteiger charge is 2.02. The summed E-state index contributed by atoms with van der Waals surface area (Å²) >= 11 is 17.1. The molecule has 0 fully saturated rings. The molecule has 0 aliphatic heterocycles. The van der Waals surface area contributed by atoms with Gasteiger partial charge in [-0.3, -0.25) is 0 Å². The molecule has 1 aromatic carbocycles. The van der Waals surface area contributed by atoms with Crippen molar-refractivity contribution in [3.63, 3.8) is 0 Å². The average Bonchev–Trinajstić information content (AvgIpc) is 2.30. The van der Waals surface area contributed by atoms with Crippen LogP contribution in [0.4, 0.5) is 5.95 Å². The molecule has 0 saturated carbocycles. The van der Waals surface area contributed by atoms with Gasteiger partial charge in [-0.15, -0.1) is 0 Å². The average molecular weight is 304 g/mol. The predicted molar refractivity (Wildman–Crippen MR) is 73.5 cm³/mol. The fourth-order valence-corrected chi connectivity index (χ4v) is 1.86. The molecule has 0 spiro atoms. The number of nitrogens with zero attached hydrogens (tertiary/aromatic N) is 3. The highest BCUT2D eigenvalue weighted by Crippen LogP contribution is 2.11. The van der Waals surface area contributed by atoms with Crippen LogP contribution in [0, 0.1) is 0 Å². The fourth-order valence-electron chi connectivity index (χ4n) is 1.37. The molecule has 0 saturated heterocycles. The van der Waals surface area contributed by atoms with Crippen molar-refractivity contribution in [2.24, 2.45) is 0 Å². The zero-order valence-electron chi connectivity index (χ0n) is 9.20. The predicted octanol–water partition coefficient (Wildman–Crippen LogP) is 3.49. The smallest absolute Gasteiger partial charge is 0.228 e. The van der Waals surface area contributed by atoms with Gasteiger partial charge in [-0.2, -0.15) is 15.0 Å². The van der Waals surface area contributed by atoms with E-state index in [1.165, 1.54) is 0 Å². The Morgan fingerprint density at radius 1 is 0.889 bits per heavy atom. The van der Waals surface area contributed by atoms with Crippen molar-refractivity contribution in [3.8, 4) is 0 Å². The second-order valence-electron chi connectivity index (χ2n) is 3.50. The van der Waals surface area contributed by atoms with Crippen molar-refractivity contribution >= 4 is 40.8 Å². The molecule has 0 radical (unpaired) electrons. The number of rotatable bonds is 4. The van der Waals surface area contributed by atoms with Crippen molar-refractivity contribution in [2.75, 3.05) is 11.9 Å². The van der Waals surface area contributed by atoms with Gasteiger partial charge in [0.25, 0.3) is 0 Å². The number of benzene rings is 1. The molecule has 2 aromatic rings. The molecule has 2 rings (SSSR count). The van der Waals surface area contributed by atoms with Crippen LogP contribution < -0.4 is 5.32 Å². The normalized spacial score (nSPS) is 10.4. The van der Waals surface area contributed by atoms with Crippen molar-refractivity contribution in [3.05, 3.63) is 45.4 Å². The summed E-state index contributed by atoms with van der Waals surface area (Å²) in [6, 6.07) is 7.65. The Bertz CT molecular complexity index is 510. The van der Waals surface area contributed by atoms with Crippen LogP contribution in [0.2, 0.25) is 15.6 Å². The number of aromatic nitrogens is 3. The lowest BCUT2D eigenvalue weighted by Crippen LogP contribution is -2.08. The van der Waals surface area contributed by atoms with Crippen LogP contribution in [0.1, 0.15) is 5.56 Å². The lowest BCUT2D eigenvalue weighted by atomic mass is 10.1. The molecule has 4 nitrogen and oxygen atoms in total. The molecule has 1 heterocycles. The monoisotopic (exact) mass is 302 g/mol. The molecule has 94 valence electrons. The zero-order chi connectivity index (χ0) is 13.0. The Morgan fingerprint density at radius 3 is 2.11 bits per heavy atom. The van der Waals surface area contributed by atoms with Crippen LogP contribution >= 0.6 is 34.8 Å². The number of halogens is 3. The molecule has 0 amide bonds. The second kappa shape index (κ2) is 6.18. The first kappa shape index (κ1) is 13.3. The maximum atomic E-state index is 5.80. The zero-order valence-corrected chi connectivity index (χ0v) is 11.5. The van der Waals surface area contributed by atoms with Crippen LogP contribution in [-0.4, -0.2) is 21.5 Å². The third-order valence-electron chi connectivity index (χ3n) is 2.19. The third-order valence-corrected chi connectivity index (χ3v) is 2.78. The van der Waals surface area contributed by atoms with Gasteiger partial charge < -0.3 is 5.32 Å². The molecule has 0 atom stereocenters. The first-order valence-electron chi connectivity index (χ1n) is 5.19. The fraction of sp³-hybridized carbons (Fsp3) is 0.182. The molecule has 18 heavy (non-hydrogen) atoms. The van der Waals surface area contributed by atoms with Crippen molar-refractivity contribution in [1.82, 2.24) is 15.0 Å². The largest absolute Gasteiger partial charge is 0.354 e. The molecule has 0 bridgehead atoms. The quantitative estimate of drug-likeness (QED) is 0.939. The minimum atomic E-state index is 0.0731. The van der Waals surface area contributed by atoms with E-state index in [0.29, 0.717) is 12.5 Å². The highest BCUT2D eigenvalue weighted by atomic mass is 35.5. The summed E-state index contributed by atoms with van der Waals surface area (Å²) in [6.07, 6.45) is 0.818. The van der Waals surface area contributed by atoms with Gasteiger partial charge in [0.1, 0.15) is 0 Å². The van der Waals surface area contributed by atoms with Gasteiger partial charge in [-0.1, -0.05) is 23.7 Å². The van der Waals surface area contributed by atoms with Crippen LogP contribution in [0.3, 0.4) is 0 Å². The van der Waals surface area contributed by atoms with Crippen molar-refractivity contribution in [2.45, 2.75) is 6.42 Å². The summed E-state index contributed by atoms with van der Waals surface area (Å²) in [4.78, 5) is 11.5. The minimum absolute atomic E-state index is 0.0731. The first-order valence-corrected chi connectivity index (χ1v) is 6.32. The van der Waals surface area contributed by atoms with E-state index in [4.69, 9.17) is 34.8 Å². The SMILES string of the molecule is Clc1ccc(CCNc2nc(Cl)nc(Cl)n2)cc1. The lowest BCUT2D eigenvalue weighted by molar-refractivity contribution is 0.963. The van der Waals surface area contributed by atoms with Gasteiger partial charge in [-0.25, -0.2) is 0 Å². The number of hydrogen-bond acceptors (Lipinski definition) is 4. The van der Waals surface area contributed by atoms with Gasteiger partial charge in [0, 0.05) is 11.6 Å². The highest BCUT2D eigenvalue weighted by molar-refractivity contribution is 6.31. The Kier molecular flexibility index (Phi) is 4.58. The van der Waals surface area contributed by atoms with Gasteiger partial charge in [0.15, 0.2) is 0 Å². The number of nitrogens with one attached hydrogen (secondary N) is 1. The van der Waals surface area contributed by atoms with E-state index < -0.39 is 0 Å². The van der Waals surface area contributed by atoms with Crippen LogP contribution in [-0.2, 0) is 6.42 Å². The Hall–Kier alpha value is -1.10. The Labute approximate surface area is 119 Å². The first-order chi connectivity index (χ1) is 8.63. The third kappa shape index (κ3) is 3.98. The molecule has 7 heteroatoms. The maximum Gasteiger partial charge on any atom is 0.228 e. The molecular weight excluding hydrogens is 295 g/mol. The maximum absolute atomic E-state index is 5.80. The van der Waals surface area contributed by atoms with Gasteiger partial charge >= 0.3 is 0 Å². The standard InChI is InChI=1S/C11H9Cl3N4/c12-8-3-1-7(2-4-8)5-6-15-11-17-9(13)16-10(14)18-11/h1-4H,5-6H2,(H,15,16,17,18). The Balaban J connectivity index is 1.90. The summed E-state index contributed by atoms with van der Waals surface area (Å²) in [5.74, 6) is 0.369. The van der Waals surface area contributed by atoms with E-state index in [9.17, 15) is 0 Å². The second-order valence-corrected chi connectivity index (χ2v) is 4.61. The summed E-state index contributed by atoms with van der Waals surface area (Å²) in [5.41, 5.74) is 1.16. The molecule has 1 N–H and O–H groups in total. The van der Waals surface area contributed by atoms with E-state index in [1.54, 1.807) is 0 Å².